The predicted octanol–water partition coefficient (Wildman–Crippen LogP) is 4.16. The van der Waals surface area contributed by atoms with Crippen LogP contribution in [0.2, 0.25) is 0 Å². The van der Waals surface area contributed by atoms with Gasteiger partial charge in [-0.15, -0.1) is 0 Å². The quantitative estimate of drug-likeness (QED) is 0.231. The van der Waals surface area contributed by atoms with E-state index in [0.717, 1.165) is 78.1 Å². The maximum atomic E-state index is 15.0. The number of pyridine rings is 3. The number of carboxylic acid groups (broad SMARTS) is 1. The average Bonchev–Trinajstić information content (AvgIpc) is 3.65. The largest absolute Gasteiger partial charge is 0.477 e. The molecule has 3 N–H and O–H groups in total. The number of fused-ring (bicyclic) bond motifs is 4. The van der Waals surface area contributed by atoms with Crippen molar-refractivity contribution in [2.45, 2.75) is 44.2 Å². The Labute approximate surface area is 266 Å². The average molecular weight is 628 g/mol. The number of halogens is 1. The van der Waals surface area contributed by atoms with Gasteiger partial charge >= 0.3 is 5.97 Å². The monoisotopic (exact) mass is 627 g/mol. The molecule has 1 aromatic carbocycles. The van der Waals surface area contributed by atoms with Gasteiger partial charge in [0.15, 0.2) is 5.65 Å². The Morgan fingerprint density at radius 3 is 2.67 bits per heavy atom. The van der Waals surface area contributed by atoms with Crippen molar-refractivity contribution in [3.05, 3.63) is 69.7 Å². The Balaban J connectivity index is 1.44. The molecule has 46 heavy (non-hydrogen) atoms. The fourth-order valence-corrected chi connectivity index (χ4v) is 7.28. The highest BCUT2D eigenvalue weighted by atomic mass is 19.1. The Morgan fingerprint density at radius 2 is 1.93 bits per heavy atom. The lowest BCUT2D eigenvalue weighted by Crippen LogP contribution is -2.38. The highest BCUT2D eigenvalue weighted by Crippen LogP contribution is 2.50. The second-order valence-corrected chi connectivity index (χ2v) is 12.7. The number of aromatic carboxylic acids is 1. The van der Waals surface area contributed by atoms with Gasteiger partial charge in [0.2, 0.25) is 5.43 Å². The van der Waals surface area contributed by atoms with Crippen molar-refractivity contribution < 1.29 is 19.0 Å². The highest BCUT2D eigenvalue weighted by molar-refractivity contribution is 5.98. The van der Waals surface area contributed by atoms with Crippen LogP contribution < -0.4 is 21.1 Å². The summed E-state index contributed by atoms with van der Waals surface area (Å²) in [5, 5.41) is 13.3. The molecule has 0 spiro atoms. The molecular weight excluding hydrogens is 589 g/mol. The third-order valence-electron chi connectivity index (χ3n) is 9.39. The molecule has 0 unspecified atom stereocenters. The molecule has 2 saturated heterocycles. The molecule has 11 nitrogen and oxygen atoms in total. The maximum absolute atomic E-state index is 15.0. The number of hydrogen-bond donors (Lipinski definition) is 3. The highest BCUT2D eigenvalue weighted by Gasteiger charge is 2.35. The summed E-state index contributed by atoms with van der Waals surface area (Å²) in [4.78, 5) is 40.0. The summed E-state index contributed by atoms with van der Waals surface area (Å²) >= 11 is 0. The van der Waals surface area contributed by atoms with Crippen LogP contribution in [0.15, 0.2) is 41.6 Å². The van der Waals surface area contributed by atoms with Crippen LogP contribution in [-0.2, 0) is 11.2 Å². The molecule has 3 aromatic heterocycles. The van der Waals surface area contributed by atoms with E-state index in [2.05, 4.69) is 34.6 Å². The van der Waals surface area contributed by atoms with Crippen molar-refractivity contribution in [2.75, 3.05) is 63.1 Å². The van der Waals surface area contributed by atoms with E-state index in [-0.39, 0.29) is 28.9 Å². The van der Waals surface area contributed by atoms with Crippen molar-refractivity contribution in [3.8, 4) is 22.3 Å². The fraction of sp³-hybridized carbons (Fsp3) is 0.412. The zero-order chi connectivity index (χ0) is 32.1. The van der Waals surface area contributed by atoms with E-state index < -0.39 is 11.4 Å². The lowest BCUT2D eigenvalue weighted by atomic mass is 9.97. The van der Waals surface area contributed by atoms with Crippen molar-refractivity contribution in [1.82, 2.24) is 19.5 Å². The number of rotatable bonds is 8. The van der Waals surface area contributed by atoms with Gasteiger partial charge in [0.25, 0.3) is 0 Å². The summed E-state index contributed by atoms with van der Waals surface area (Å²) in [6.07, 6.45) is 8.94. The Bertz CT molecular complexity index is 1900. The molecule has 5 heterocycles. The van der Waals surface area contributed by atoms with Crippen LogP contribution in [0.25, 0.3) is 33.3 Å². The number of benzene rings is 1. The SMILES string of the molecule is CNc1cc(F)cc2c1Cc1ncc(-c3cnc4c(c3)c(=O)c(C(=O)O)cn4NC3CCOCC3)c(N3CCC[C@H]3CN(C)C)c1-2. The smallest absolute Gasteiger partial charge is 0.341 e. The number of nitrogens with zero attached hydrogens (tertiary/aromatic N) is 5. The Kier molecular flexibility index (Phi) is 7.85. The van der Waals surface area contributed by atoms with Crippen molar-refractivity contribution >= 4 is 28.4 Å². The van der Waals surface area contributed by atoms with Crippen LogP contribution in [0.3, 0.4) is 0 Å². The van der Waals surface area contributed by atoms with Crippen LogP contribution in [0.5, 0.6) is 0 Å². The molecule has 240 valence electrons. The minimum absolute atomic E-state index is 0.0434. The Hall–Kier alpha value is -4.55. The first-order valence-electron chi connectivity index (χ1n) is 15.8. The Morgan fingerprint density at radius 1 is 1.13 bits per heavy atom. The summed E-state index contributed by atoms with van der Waals surface area (Å²) in [5.74, 6) is -1.63. The minimum Gasteiger partial charge on any atom is -0.477 e. The van der Waals surface area contributed by atoms with Gasteiger partial charge < -0.3 is 30.4 Å². The first kappa shape index (κ1) is 30.1. The zero-order valence-corrected chi connectivity index (χ0v) is 26.3. The van der Waals surface area contributed by atoms with Crippen LogP contribution in [-0.4, -0.2) is 90.1 Å². The van der Waals surface area contributed by atoms with E-state index in [1.54, 1.807) is 30.1 Å². The van der Waals surface area contributed by atoms with Crippen molar-refractivity contribution in [3.63, 3.8) is 0 Å². The molecule has 1 aliphatic carbocycles. The molecule has 0 saturated carbocycles. The molecule has 2 aliphatic heterocycles. The van der Waals surface area contributed by atoms with Gasteiger partial charge in [0, 0.05) is 92.8 Å². The summed E-state index contributed by atoms with van der Waals surface area (Å²) in [5.41, 5.74) is 9.42. The van der Waals surface area contributed by atoms with Crippen LogP contribution in [0, 0.1) is 5.82 Å². The number of aromatic nitrogens is 3. The van der Waals surface area contributed by atoms with Gasteiger partial charge in [-0.3, -0.25) is 9.78 Å². The normalized spacial score (nSPS) is 17.8. The van der Waals surface area contributed by atoms with Gasteiger partial charge in [0.1, 0.15) is 11.4 Å². The molecule has 7 rings (SSSR count). The van der Waals surface area contributed by atoms with E-state index in [9.17, 15) is 14.7 Å². The topological polar surface area (TPSA) is 125 Å². The number of carboxylic acids is 1. The number of carbonyl (C=O) groups is 1. The molecule has 3 aliphatic rings. The third kappa shape index (κ3) is 5.25. The molecule has 0 bridgehead atoms. The minimum atomic E-state index is -1.30. The number of likely N-dealkylation sites (N-methyl/N-ethyl adjacent to an activating group) is 1. The molecule has 4 aromatic rings. The molecule has 0 amide bonds. The fourth-order valence-electron chi connectivity index (χ4n) is 7.28. The second kappa shape index (κ2) is 12.0. The number of hydrogen-bond acceptors (Lipinski definition) is 9. The lowest BCUT2D eigenvalue weighted by Gasteiger charge is -2.32. The van der Waals surface area contributed by atoms with Gasteiger partial charge in [-0.2, -0.15) is 0 Å². The lowest BCUT2D eigenvalue weighted by molar-refractivity contribution is 0.0694. The van der Waals surface area contributed by atoms with Crippen molar-refractivity contribution in [2.24, 2.45) is 0 Å². The number of ether oxygens (including phenoxy) is 1. The first-order chi connectivity index (χ1) is 22.2. The number of nitrogens with one attached hydrogen (secondary N) is 2. The predicted molar refractivity (Wildman–Crippen MR) is 176 cm³/mol. The summed E-state index contributed by atoms with van der Waals surface area (Å²) in [7, 11) is 5.91. The maximum Gasteiger partial charge on any atom is 0.341 e. The van der Waals surface area contributed by atoms with E-state index in [1.165, 1.54) is 12.3 Å². The van der Waals surface area contributed by atoms with E-state index in [4.69, 9.17) is 14.7 Å². The van der Waals surface area contributed by atoms with Crippen LogP contribution in [0.4, 0.5) is 15.8 Å². The van der Waals surface area contributed by atoms with Gasteiger partial charge in [0.05, 0.1) is 16.8 Å². The standard InChI is InChI=1S/C34H38FN7O4/c1-36-28-13-20(35)12-24-23(28)14-29-30(24)31(41-8-4-5-22(41)17-40(2)3)26(16-37-29)19-11-25-32(43)27(34(44)45)18-42(33(25)38-15-19)39-21-6-9-46-10-7-21/h11-13,15-16,18,21-22,36,39H,4-10,14,17H2,1-3H3,(H,44,45)/t22-/m0/s1. The molecule has 12 heteroatoms. The van der Waals surface area contributed by atoms with Gasteiger partial charge in [-0.05, 0) is 69.1 Å². The zero-order valence-electron chi connectivity index (χ0n) is 26.3. The summed E-state index contributed by atoms with van der Waals surface area (Å²) < 4.78 is 22.1. The summed E-state index contributed by atoms with van der Waals surface area (Å²) in [6.45, 7) is 2.86. The molecule has 1 atom stereocenters. The van der Waals surface area contributed by atoms with Crippen LogP contribution >= 0.6 is 0 Å². The van der Waals surface area contributed by atoms with Crippen LogP contribution in [0.1, 0.15) is 47.3 Å². The van der Waals surface area contributed by atoms with Gasteiger partial charge in [-0.25, -0.2) is 18.8 Å². The summed E-state index contributed by atoms with van der Waals surface area (Å²) in [6, 6.07) is 5.09. The molecule has 0 radical (unpaired) electrons. The molecular formula is C34H38FN7O4. The van der Waals surface area contributed by atoms with E-state index in [1.807, 2.05) is 6.20 Å². The van der Waals surface area contributed by atoms with E-state index >= 15 is 4.39 Å². The third-order valence-corrected chi connectivity index (χ3v) is 9.39. The van der Waals surface area contributed by atoms with Gasteiger partial charge in [-0.1, -0.05) is 0 Å². The van der Waals surface area contributed by atoms with Crippen molar-refractivity contribution in [1.29, 1.82) is 0 Å². The second-order valence-electron chi connectivity index (χ2n) is 12.7. The first-order valence-corrected chi connectivity index (χ1v) is 15.8. The van der Waals surface area contributed by atoms with E-state index in [0.29, 0.717) is 30.8 Å². The number of anilines is 2. The molecule has 2 fully saturated rings.